The highest BCUT2D eigenvalue weighted by atomic mass is 35.5. The summed E-state index contributed by atoms with van der Waals surface area (Å²) in [7, 11) is -0.318. The summed E-state index contributed by atoms with van der Waals surface area (Å²) in [5, 5.41) is 3.54. The van der Waals surface area contributed by atoms with E-state index in [0.717, 1.165) is 0 Å². The zero-order chi connectivity index (χ0) is 16.4. The SMILES string of the molecule is CNCc1cc(S(=O)(=O)N(C)CC(C)(C)C)c(Cl)cc1Cl. The molecule has 0 fully saturated rings. The first kappa shape index (κ1) is 18.7. The molecule has 1 aromatic carbocycles. The van der Waals surface area contributed by atoms with Gasteiger partial charge in [-0.3, -0.25) is 0 Å². The fourth-order valence-corrected chi connectivity index (χ4v) is 4.25. The van der Waals surface area contributed by atoms with E-state index in [1.807, 2.05) is 20.8 Å². The van der Waals surface area contributed by atoms with Crippen molar-refractivity contribution in [2.45, 2.75) is 32.2 Å². The summed E-state index contributed by atoms with van der Waals surface area (Å²) < 4.78 is 26.7. The zero-order valence-corrected chi connectivity index (χ0v) is 15.3. The number of rotatable bonds is 5. The summed E-state index contributed by atoms with van der Waals surface area (Å²) in [4.78, 5) is 0.0885. The van der Waals surface area contributed by atoms with E-state index < -0.39 is 10.0 Å². The van der Waals surface area contributed by atoms with Crippen LogP contribution in [0, 0.1) is 5.41 Å². The molecule has 0 aliphatic carbocycles. The third kappa shape index (κ3) is 4.83. The Balaban J connectivity index is 3.28. The molecule has 0 atom stereocenters. The zero-order valence-electron chi connectivity index (χ0n) is 13.0. The topological polar surface area (TPSA) is 49.4 Å². The second-order valence-corrected chi connectivity index (χ2v) is 9.05. The Hall–Kier alpha value is -0.330. The third-order valence-corrected chi connectivity index (χ3v) is 5.47. The highest BCUT2D eigenvalue weighted by Crippen LogP contribution is 2.31. The molecule has 120 valence electrons. The molecular formula is C14H22Cl2N2O2S. The van der Waals surface area contributed by atoms with E-state index in [2.05, 4.69) is 5.32 Å². The number of hydrogen-bond acceptors (Lipinski definition) is 3. The van der Waals surface area contributed by atoms with Gasteiger partial charge in [0.1, 0.15) is 4.90 Å². The van der Waals surface area contributed by atoms with Crippen molar-refractivity contribution < 1.29 is 8.42 Å². The molecular weight excluding hydrogens is 331 g/mol. The fraction of sp³-hybridized carbons (Fsp3) is 0.571. The number of benzene rings is 1. The number of nitrogens with one attached hydrogen (secondary N) is 1. The summed E-state index contributed by atoms with van der Waals surface area (Å²) in [6.45, 7) is 6.82. The van der Waals surface area contributed by atoms with Gasteiger partial charge >= 0.3 is 0 Å². The molecule has 21 heavy (non-hydrogen) atoms. The minimum atomic E-state index is -3.65. The fourth-order valence-electron chi connectivity index (χ4n) is 2.02. The molecule has 0 spiro atoms. The first-order valence-electron chi connectivity index (χ1n) is 6.58. The molecule has 1 rings (SSSR count). The number of nitrogens with zero attached hydrogens (tertiary/aromatic N) is 1. The normalized spacial score (nSPS) is 13.0. The monoisotopic (exact) mass is 352 g/mol. The van der Waals surface area contributed by atoms with Crippen molar-refractivity contribution in [2.24, 2.45) is 5.41 Å². The third-order valence-electron chi connectivity index (χ3n) is 2.85. The lowest BCUT2D eigenvalue weighted by molar-refractivity contribution is 0.311. The molecule has 1 N–H and O–H groups in total. The van der Waals surface area contributed by atoms with Gasteiger partial charge in [0.15, 0.2) is 0 Å². The van der Waals surface area contributed by atoms with Crippen LogP contribution in [0.4, 0.5) is 0 Å². The molecule has 4 nitrogen and oxygen atoms in total. The van der Waals surface area contributed by atoms with Crippen LogP contribution in [0.3, 0.4) is 0 Å². The van der Waals surface area contributed by atoms with Crippen LogP contribution >= 0.6 is 23.2 Å². The van der Waals surface area contributed by atoms with Crippen molar-refractivity contribution >= 4 is 33.2 Å². The lowest BCUT2D eigenvalue weighted by Crippen LogP contribution is -2.34. The highest BCUT2D eigenvalue weighted by Gasteiger charge is 2.28. The van der Waals surface area contributed by atoms with Crippen molar-refractivity contribution in [1.82, 2.24) is 9.62 Å². The minimum absolute atomic E-state index is 0.0885. The van der Waals surface area contributed by atoms with Crippen LogP contribution in [0.5, 0.6) is 0 Å². The molecule has 0 heterocycles. The van der Waals surface area contributed by atoms with Crippen molar-refractivity contribution in [1.29, 1.82) is 0 Å². The first-order valence-corrected chi connectivity index (χ1v) is 8.77. The van der Waals surface area contributed by atoms with E-state index >= 15 is 0 Å². The molecule has 0 aliphatic heterocycles. The lowest BCUT2D eigenvalue weighted by atomic mass is 9.97. The number of hydrogen-bond donors (Lipinski definition) is 1. The van der Waals surface area contributed by atoms with Gasteiger partial charge in [-0.25, -0.2) is 12.7 Å². The van der Waals surface area contributed by atoms with E-state index in [9.17, 15) is 8.42 Å². The van der Waals surface area contributed by atoms with Crippen LogP contribution in [0.25, 0.3) is 0 Å². The van der Waals surface area contributed by atoms with Crippen LogP contribution < -0.4 is 5.32 Å². The average Bonchev–Trinajstić information content (AvgIpc) is 2.30. The Morgan fingerprint density at radius 1 is 1.19 bits per heavy atom. The summed E-state index contributed by atoms with van der Waals surface area (Å²) in [6.07, 6.45) is 0. The van der Waals surface area contributed by atoms with Crippen LogP contribution in [0.15, 0.2) is 17.0 Å². The highest BCUT2D eigenvalue weighted by molar-refractivity contribution is 7.89. The van der Waals surface area contributed by atoms with Crippen molar-refractivity contribution in [3.8, 4) is 0 Å². The van der Waals surface area contributed by atoms with E-state index in [1.165, 1.54) is 16.4 Å². The molecule has 7 heteroatoms. The Kier molecular flexibility index (Phi) is 6.09. The van der Waals surface area contributed by atoms with Crippen LogP contribution in [0.1, 0.15) is 26.3 Å². The van der Waals surface area contributed by atoms with Gasteiger partial charge < -0.3 is 5.32 Å². The summed E-state index contributed by atoms with van der Waals surface area (Å²) >= 11 is 12.2. The maximum absolute atomic E-state index is 12.7. The Labute approximate surface area is 137 Å². The quantitative estimate of drug-likeness (QED) is 0.883. The predicted molar refractivity (Wildman–Crippen MR) is 88.5 cm³/mol. The largest absolute Gasteiger partial charge is 0.316 e. The molecule has 1 aromatic rings. The van der Waals surface area contributed by atoms with Crippen LogP contribution in [0.2, 0.25) is 10.0 Å². The predicted octanol–water partition coefficient (Wildman–Crippen LogP) is 3.38. The summed E-state index contributed by atoms with van der Waals surface area (Å²) in [6, 6.07) is 3.02. The Morgan fingerprint density at radius 3 is 2.24 bits per heavy atom. The molecule has 0 bridgehead atoms. The Bertz CT molecular complexity index is 610. The second-order valence-electron chi connectivity index (χ2n) is 6.23. The molecule has 0 unspecified atom stereocenters. The van der Waals surface area contributed by atoms with Gasteiger partial charge in [-0.2, -0.15) is 0 Å². The van der Waals surface area contributed by atoms with Crippen molar-refractivity contribution in [3.63, 3.8) is 0 Å². The number of halogens is 2. The van der Waals surface area contributed by atoms with Gasteiger partial charge in [0.2, 0.25) is 10.0 Å². The standard InChI is InChI=1S/C14H22Cl2N2O2S/c1-14(2,3)9-18(5)21(19,20)13-6-10(8-17-4)11(15)7-12(13)16/h6-7,17H,8-9H2,1-5H3. The van der Waals surface area contributed by atoms with E-state index in [-0.39, 0.29) is 15.3 Å². The molecule has 0 saturated carbocycles. The van der Waals surface area contributed by atoms with Gasteiger partial charge in [-0.15, -0.1) is 0 Å². The van der Waals surface area contributed by atoms with Gasteiger partial charge in [-0.05, 0) is 30.2 Å². The Morgan fingerprint density at radius 2 is 1.76 bits per heavy atom. The minimum Gasteiger partial charge on any atom is -0.316 e. The van der Waals surface area contributed by atoms with Gasteiger partial charge in [0.25, 0.3) is 0 Å². The first-order chi connectivity index (χ1) is 9.49. The van der Waals surface area contributed by atoms with Crippen molar-refractivity contribution in [2.75, 3.05) is 20.6 Å². The molecule has 0 amide bonds. The van der Waals surface area contributed by atoms with Crippen molar-refractivity contribution in [3.05, 3.63) is 27.7 Å². The lowest BCUT2D eigenvalue weighted by Gasteiger charge is -2.26. The van der Waals surface area contributed by atoms with Gasteiger partial charge in [0.05, 0.1) is 5.02 Å². The van der Waals surface area contributed by atoms with Gasteiger partial charge in [0, 0.05) is 25.2 Å². The average molecular weight is 353 g/mol. The second kappa shape index (κ2) is 6.84. The molecule has 0 radical (unpaired) electrons. The molecule has 0 aliphatic rings. The van der Waals surface area contributed by atoms with Crippen LogP contribution in [-0.4, -0.2) is 33.4 Å². The van der Waals surface area contributed by atoms with Crippen LogP contribution in [-0.2, 0) is 16.6 Å². The van der Waals surface area contributed by atoms with E-state index in [4.69, 9.17) is 23.2 Å². The smallest absolute Gasteiger partial charge is 0.244 e. The molecule has 0 saturated heterocycles. The summed E-state index contributed by atoms with van der Waals surface area (Å²) in [5.74, 6) is 0. The van der Waals surface area contributed by atoms with E-state index in [0.29, 0.717) is 23.7 Å². The molecule has 0 aromatic heterocycles. The summed E-state index contributed by atoms with van der Waals surface area (Å²) in [5.41, 5.74) is 0.556. The van der Waals surface area contributed by atoms with Gasteiger partial charge in [-0.1, -0.05) is 44.0 Å². The maximum Gasteiger partial charge on any atom is 0.244 e. The maximum atomic E-state index is 12.7. The number of sulfonamides is 1. The van der Waals surface area contributed by atoms with E-state index in [1.54, 1.807) is 14.1 Å².